The number of methoxy groups -OCH3 is 1. The molecule has 8 nitrogen and oxygen atoms in total. The average Bonchev–Trinajstić information content (AvgIpc) is 3.02. The van der Waals surface area contributed by atoms with E-state index in [1.54, 1.807) is 6.92 Å². The first-order valence-corrected chi connectivity index (χ1v) is 18.7. The molecule has 274 valence electrons. The molecule has 0 spiro atoms. The standard InChI is InChI=1S/C41H62O8/c1-23(2)29-20-32(42)26(5)12-10-11-24(3)18-33(43)30-19-28(7)38-31(41(30,22-34(29)44)39(46)48-9)17-25(4)13-15-36-27(6)14-16-37(49-36)40(8,47)21-35(38)45/h17,23-24,26,29-31,35-37,45,47H,6,10-16,18-22H2,1-5,7-9H3. The molecular weight excluding hydrogens is 620 g/mol. The molecule has 2 heterocycles. The van der Waals surface area contributed by atoms with Crippen LogP contribution in [0.4, 0.5) is 0 Å². The molecule has 0 amide bonds. The van der Waals surface area contributed by atoms with Gasteiger partial charge in [-0.1, -0.05) is 64.3 Å². The van der Waals surface area contributed by atoms with E-state index in [9.17, 15) is 29.4 Å². The molecule has 0 aromatic rings. The number of carbonyl (C=O) groups is 4. The highest BCUT2D eigenvalue weighted by molar-refractivity contribution is 5.97. The van der Waals surface area contributed by atoms with Crippen LogP contribution in [0.5, 0.6) is 0 Å². The summed E-state index contributed by atoms with van der Waals surface area (Å²) in [7, 11) is 1.30. The minimum atomic E-state index is -1.64. The van der Waals surface area contributed by atoms with E-state index in [1.165, 1.54) is 7.11 Å². The lowest BCUT2D eigenvalue weighted by atomic mass is 9.52. The molecule has 1 saturated heterocycles. The van der Waals surface area contributed by atoms with Gasteiger partial charge in [0.2, 0.25) is 0 Å². The van der Waals surface area contributed by atoms with E-state index in [0.717, 1.165) is 36.0 Å². The van der Waals surface area contributed by atoms with Crippen LogP contribution in [-0.2, 0) is 28.7 Å². The maximum atomic E-state index is 14.7. The minimum Gasteiger partial charge on any atom is -0.469 e. The number of carbonyl (C=O) groups excluding carboxylic acids is 4. The van der Waals surface area contributed by atoms with Crippen LogP contribution in [-0.4, -0.2) is 64.6 Å². The van der Waals surface area contributed by atoms with E-state index in [4.69, 9.17) is 9.47 Å². The van der Waals surface area contributed by atoms with Gasteiger partial charge in [0, 0.05) is 49.4 Å². The molecule has 4 aliphatic rings. The second kappa shape index (κ2) is 15.9. The van der Waals surface area contributed by atoms with Gasteiger partial charge in [0.25, 0.3) is 0 Å². The first-order valence-electron chi connectivity index (χ1n) is 18.7. The predicted molar refractivity (Wildman–Crippen MR) is 189 cm³/mol. The predicted octanol–water partition coefficient (Wildman–Crippen LogP) is 7.05. The zero-order valence-electron chi connectivity index (χ0n) is 31.3. The lowest BCUT2D eigenvalue weighted by Gasteiger charge is -2.50. The number of rotatable bonds is 2. The summed E-state index contributed by atoms with van der Waals surface area (Å²) >= 11 is 0. The Balaban J connectivity index is 1.97. The Labute approximate surface area is 294 Å². The number of hydrogen-bond donors (Lipinski definition) is 2. The number of hydrogen-bond acceptors (Lipinski definition) is 8. The second-order valence-electron chi connectivity index (χ2n) is 16.7. The molecule has 2 bridgehead atoms. The van der Waals surface area contributed by atoms with Crippen LogP contribution in [0.2, 0.25) is 0 Å². The van der Waals surface area contributed by atoms with Crippen molar-refractivity contribution < 1.29 is 38.9 Å². The van der Waals surface area contributed by atoms with Crippen LogP contribution >= 0.6 is 0 Å². The molecular formula is C41H62O8. The summed E-state index contributed by atoms with van der Waals surface area (Å²) < 4.78 is 12.0. The topological polar surface area (TPSA) is 127 Å². The average molecular weight is 683 g/mol. The zero-order chi connectivity index (χ0) is 36.4. The van der Waals surface area contributed by atoms with E-state index in [0.29, 0.717) is 31.3 Å². The van der Waals surface area contributed by atoms with Crippen LogP contribution in [0.3, 0.4) is 0 Å². The van der Waals surface area contributed by atoms with E-state index >= 15 is 0 Å². The molecule has 8 heteroatoms. The van der Waals surface area contributed by atoms with Crippen molar-refractivity contribution in [1.29, 1.82) is 0 Å². The number of allylic oxidation sites excluding steroid dienone is 3. The third kappa shape index (κ3) is 8.39. The highest BCUT2D eigenvalue weighted by Crippen LogP contribution is 2.56. The SMILES string of the molecule is C=C1CCC2OC1CCC(C)=CC1C(=C(C)CC3C(=O)CC(C)CCCC(C)C(=O)CC(C(C)C)C(=O)CC13C(=O)OC)C(O)CC2(C)O. The first kappa shape index (κ1) is 39.4. The van der Waals surface area contributed by atoms with E-state index in [1.807, 2.05) is 47.6 Å². The van der Waals surface area contributed by atoms with Gasteiger partial charge in [0.15, 0.2) is 0 Å². The molecule has 49 heavy (non-hydrogen) atoms. The van der Waals surface area contributed by atoms with Crippen molar-refractivity contribution in [3.63, 3.8) is 0 Å². The lowest BCUT2D eigenvalue weighted by molar-refractivity contribution is -0.167. The molecule has 0 aromatic carbocycles. The molecule has 10 unspecified atom stereocenters. The molecule has 1 saturated carbocycles. The Morgan fingerprint density at radius 1 is 1.00 bits per heavy atom. The largest absolute Gasteiger partial charge is 0.469 e. The summed E-state index contributed by atoms with van der Waals surface area (Å²) in [6.07, 6.45) is 5.01. The number of Topliss-reactive ketones (excluding diaryl/α,β-unsaturated/α-hetero) is 3. The van der Waals surface area contributed by atoms with Gasteiger partial charge in [-0.05, 0) is 82.3 Å². The molecule has 4 rings (SSSR count). The van der Waals surface area contributed by atoms with Gasteiger partial charge in [0.1, 0.15) is 17.3 Å². The fraction of sp³-hybridized carbons (Fsp3) is 0.756. The van der Waals surface area contributed by atoms with Crippen LogP contribution < -0.4 is 0 Å². The maximum absolute atomic E-state index is 14.7. The zero-order valence-corrected chi connectivity index (χ0v) is 31.3. The second-order valence-corrected chi connectivity index (χ2v) is 16.7. The van der Waals surface area contributed by atoms with Gasteiger partial charge in [0.05, 0.1) is 36.4 Å². The van der Waals surface area contributed by atoms with E-state index in [-0.39, 0.29) is 73.3 Å². The van der Waals surface area contributed by atoms with Crippen molar-refractivity contribution in [3.05, 3.63) is 34.9 Å². The molecule has 0 aromatic heterocycles. The van der Waals surface area contributed by atoms with E-state index in [2.05, 4.69) is 6.58 Å². The fourth-order valence-electron chi connectivity index (χ4n) is 9.27. The van der Waals surface area contributed by atoms with Crippen molar-refractivity contribution in [2.24, 2.45) is 40.9 Å². The van der Waals surface area contributed by atoms with Crippen molar-refractivity contribution in [1.82, 2.24) is 0 Å². The quantitative estimate of drug-likeness (QED) is 0.234. The van der Waals surface area contributed by atoms with Crippen LogP contribution in [0, 0.1) is 40.9 Å². The summed E-state index contributed by atoms with van der Waals surface area (Å²) in [4.78, 5) is 57.3. The Morgan fingerprint density at radius 3 is 2.35 bits per heavy atom. The molecule has 2 aliphatic carbocycles. The van der Waals surface area contributed by atoms with Gasteiger partial charge < -0.3 is 19.7 Å². The van der Waals surface area contributed by atoms with Crippen LogP contribution in [0.15, 0.2) is 34.9 Å². The van der Waals surface area contributed by atoms with Gasteiger partial charge in [-0.25, -0.2) is 0 Å². The molecule has 10 atom stereocenters. The van der Waals surface area contributed by atoms with Gasteiger partial charge in [-0.3, -0.25) is 19.2 Å². The molecule has 2 N–H and O–H groups in total. The fourth-order valence-corrected chi connectivity index (χ4v) is 9.27. The number of aliphatic hydroxyl groups excluding tert-OH is 1. The highest BCUT2D eigenvalue weighted by atomic mass is 16.5. The summed E-state index contributed by atoms with van der Waals surface area (Å²) in [6, 6.07) is 0. The van der Waals surface area contributed by atoms with Crippen molar-refractivity contribution in [2.75, 3.05) is 7.11 Å². The lowest BCUT2D eigenvalue weighted by Crippen LogP contribution is -2.55. The van der Waals surface area contributed by atoms with E-state index < -0.39 is 46.9 Å². The Morgan fingerprint density at radius 2 is 1.69 bits per heavy atom. The Hall–Kier alpha value is -2.42. The number of ether oxygens (including phenoxy) is 2. The summed E-state index contributed by atoms with van der Waals surface area (Å²) in [5, 5.41) is 24.0. The molecule has 2 aliphatic heterocycles. The number of aliphatic hydroxyl groups is 2. The monoisotopic (exact) mass is 682 g/mol. The highest BCUT2D eigenvalue weighted by Gasteiger charge is 2.60. The Kier molecular flexibility index (Phi) is 12.7. The van der Waals surface area contributed by atoms with Gasteiger partial charge >= 0.3 is 5.97 Å². The van der Waals surface area contributed by atoms with Gasteiger partial charge in [-0.15, -0.1) is 0 Å². The smallest absolute Gasteiger partial charge is 0.313 e. The minimum absolute atomic E-state index is 0.0275. The Bertz CT molecular complexity index is 1350. The number of esters is 1. The maximum Gasteiger partial charge on any atom is 0.313 e. The summed E-state index contributed by atoms with van der Waals surface area (Å²) in [5.41, 5.74) is 0.213. The van der Waals surface area contributed by atoms with Crippen molar-refractivity contribution in [3.8, 4) is 0 Å². The first-order chi connectivity index (χ1) is 22.9. The van der Waals surface area contributed by atoms with Crippen molar-refractivity contribution >= 4 is 23.3 Å². The third-order valence-corrected chi connectivity index (χ3v) is 12.4. The normalized spacial score (nSPS) is 39.2. The number of fused-ring (bicyclic) bond motifs is 5. The molecule has 2 fully saturated rings. The molecule has 0 radical (unpaired) electrons. The summed E-state index contributed by atoms with van der Waals surface area (Å²) in [6.45, 7) is 17.6. The number of ketones is 3. The van der Waals surface area contributed by atoms with Gasteiger partial charge in [-0.2, -0.15) is 0 Å². The summed E-state index contributed by atoms with van der Waals surface area (Å²) in [5.74, 6) is -3.59. The van der Waals surface area contributed by atoms with Crippen LogP contribution in [0.1, 0.15) is 126 Å². The van der Waals surface area contributed by atoms with Crippen molar-refractivity contribution in [2.45, 2.75) is 149 Å². The third-order valence-electron chi connectivity index (χ3n) is 12.4. The van der Waals surface area contributed by atoms with Crippen LogP contribution in [0.25, 0.3) is 0 Å².